The van der Waals surface area contributed by atoms with E-state index in [4.69, 9.17) is 4.84 Å². The molecule has 90 valence electrons. The van der Waals surface area contributed by atoms with Gasteiger partial charge in [0.05, 0.1) is 17.8 Å². The zero-order chi connectivity index (χ0) is 11.5. The third-order valence-corrected chi connectivity index (χ3v) is 3.54. The third kappa shape index (κ3) is 2.58. The summed E-state index contributed by atoms with van der Waals surface area (Å²) in [5, 5.41) is 0.423. The fourth-order valence-corrected chi connectivity index (χ4v) is 2.46. The zero-order valence-corrected chi connectivity index (χ0v) is 10.1. The van der Waals surface area contributed by atoms with Crippen molar-refractivity contribution < 1.29 is 14.4 Å². The summed E-state index contributed by atoms with van der Waals surface area (Å²) >= 11 is 4.05. The Balaban J connectivity index is 1.92. The van der Waals surface area contributed by atoms with E-state index in [0.29, 0.717) is 0 Å². The van der Waals surface area contributed by atoms with Crippen LogP contribution < -0.4 is 0 Å². The van der Waals surface area contributed by atoms with Gasteiger partial charge in [-0.3, -0.25) is 14.4 Å². The first kappa shape index (κ1) is 11.9. The molecular weight excluding hydrogens is 226 g/mol. The Hall–Kier alpha value is -0.550. The number of imide groups is 1. The SMILES string of the molecule is O=C1CC(S)C(=O)N1OC1CCCCCC1. The average molecular weight is 243 g/mol. The van der Waals surface area contributed by atoms with E-state index in [9.17, 15) is 9.59 Å². The van der Waals surface area contributed by atoms with Gasteiger partial charge in [0.15, 0.2) is 0 Å². The molecule has 0 radical (unpaired) electrons. The molecule has 2 rings (SSSR count). The standard InChI is InChI=1S/C11H17NO3S/c13-10-7-9(16)11(14)12(10)15-8-5-3-1-2-4-6-8/h8-9,16H,1-7H2. The number of thiol groups is 1. The molecule has 1 aliphatic heterocycles. The van der Waals surface area contributed by atoms with Gasteiger partial charge in [-0.25, -0.2) is 0 Å². The smallest absolute Gasteiger partial charge is 0.266 e. The third-order valence-electron chi connectivity index (χ3n) is 3.14. The van der Waals surface area contributed by atoms with Crippen LogP contribution in [0.2, 0.25) is 0 Å². The van der Waals surface area contributed by atoms with Crippen LogP contribution in [0.5, 0.6) is 0 Å². The largest absolute Gasteiger partial charge is 0.272 e. The van der Waals surface area contributed by atoms with Crippen LogP contribution in [0.3, 0.4) is 0 Å². The quantitative estimate of drug-likeness (QED) is 0.456. The van der Waals surface area contributed by atoms with Crippen molar-refractivity contribution in [3.8, 4) is 0 Å². The fraction of sp³-hybridized carbons (Fsp3) is 0.818. The molecule has 0 aromatic heterocycles. The zero-order valence-electron chi connectivity index (χ0n) is 9.22. The van der Waals surface area contributed by atoms with Crippen molar-refractivity contribution in [2.75, 3.05) is 0 Å². The number of amides is 2. The van der Waals surface area contributed by atoms with Crippen molar-refractivity contribution in [2.45, 2.75) is 56.3 Å². The molecule has 1 atom stereocenters. The minimum absolute atomic E-state index is 0.0223. The van der Waals surface area contributed by atoms with Gasteiger partial charge in [0.25, 0.3) is 11.8 Å². The monoisotopic (exact) mass is 243 g/mol. The van der Waals surface area contributed by atoms with Crippen molar-refractivity contribution in [2.24, 2.45) is 0 Å². The molecular formula is C11H17NO3S. The van der Waals surface area contributed by atoms with Gasteiger partial charge in [-0.2, -0.15) is 17.7 Å². The van der Waals surface area contributed by atoms with Crippen LogP contribution in [0, 0.1) is 0 Å². The van der Waals surface area contributed by atoms with E-state index < -0.39 is 5.25 Å². The number of carbonyl (C=O) groups is 2. The van der Waals surface area contributed by atoms with Gasteiger partial charge in [-0.1, -0.05) is 25.7 Å². The molecule has 2 amide bonds. The molecule has 4 nitrogen and oxygen atoms in total. The molecule has 0 spiro atoms. The molecule has 1 aliphatic carbocycles. The number of rotatable bonds is 2. The van der Waals surface area contributed by atoms with Crippen LogP contribution in [0.1, 0.15) is 44.9 Å². The van der Waals surface area contributed by atoms with Crippen molar-refractivity contribution in [3.05, 3.63) is 0 Å². The van der Waals surface area contributed by atoms with Crippen LogP contribution in [0.15, 0.2) is 0 Å². The topological polar surface area (TPSA) is 46.6 Å². The van der Waals surface area contributed by atoms with Gasteiger partial charge in [-0.15, -0.1) is 0 Å². The Kier molecular flexibility index (Phi) is 3.86. The molecule has 2 aliphatic rings. The van der Waals surface area contributed by atoms with E-state index in [1.54, 1.807) is 0 Å². The van der Waals surface area contributed by atoms with Gasteiger partial charge >= 0.3 is 0 Å². The van der Waals surface area contributed by atoms with Crippen LogP contribution >= 0.6 is 12.6 Å². The lowest BCUT2D eigenvalue weighted by molar-refractivity contribution is -0.203. The molecule has 1 heterocycles. The number of carbonyl (C=O) groups excluding carboxylic acids is 2. The Bertz CT molecular complexity index is 287. The number of hydroxylamine groups is 2. The maximum Gasteiger partial charge on any atom is 0.266 e. The lowest BCUT2D eigenvalue weighted by Crippen LogP contribution is -2.35. The Morgan fingerprint density at radius 1 is 1.12 bits per heavy atom. The predicted octanol–water partition coefficient (Wildman–Crippen LogP) is 1.70. The highest BCUT2D eigenvalue weighted by Crippen LogP contribution is 2.24. The van der Waals surface area contributed by atoms with E-state index in [-0.39, 0.29) is 24.3 Å². The molecule has 0 aromatic carbocycles. The second-order valence-corrected chi connectivity index (χ2v) is 5.09. The maximum atomic E-state index is 11.6. The summed E-state index contributed by atoms with van der Waals surface area (Å²) in [4.78, 5) is 28.6. The fourth-order valence-electron chi connectivity index (χ4n) is 2.20. The van der Waals surface area contributed by atoms with Crippen LogP contribution in [0.25, 0.3) is 0 Å². The Morgan fingerprint density at radius 2 is 1.75 bits per heavy atom. The molecule has 16 heavy (non-hydrogen) atoms. The highest BCUT2D eigenvalue weighted by atomic mass is 32.1. The first-order valence-electron chi connectivity index (χ1n) is 5.90. The number of nitrogens with zero attached hydrogens (tertiary/aromatic N) is 1. The summed E-state index contributed by atoms with van der Waals surface area (Å²) < 4.78 is 0. The first-order chi connectivity index (χ1) is 7.68. The van der Waals surface area contributed by atoms with Crippen molar-refractivity contribution in [3.63, 3.8) is 0 Å². The summed E-state index contributed by atoms with van der Waals surface area (Å²) in [6.07, 6.45) is 6.73. The van der Waals surface area contributed by atoms with E-state index >= 15 is 0 Å². The molecule has 0 aromatic rings. The maximum absolute atomic E-state index is 11.6. The van der Waals surface area contributed by atoms with Crippen molar-refractivity contribution in [1.29, 1.82) is 0 Å². The van der Waals surface area contributed by atoms with Crippen LogP contribution in [-0.2, 0) is 14.4 Å². The molecule has 0 N–H and O–H groups in total. The lowest BCUT2D eigenvalue weighted by Gasteiger charge is -2.21. The summed E-state index contributed by atoms with van der Waals surface area (Å²) in [5.41, 5.74) is 0. The Morgan fingerprint density at radius 3 is 2.25 bits per heavy atom. The molecule has 0 bridgehead atoms. The summed E-state index contributed by atoms with van der Waals surface area (Å²) in [6.45, 7) is 0. The minimum Gasteiger partial charge on any atom is -0.272 e. The number of hydrogen-bond donors (Lipinski definition) is 1. The second-order valence-electron chi connectivity index (χ2n) is 4.47. The van der Waals surface area contributed by atoms with Gasteiger partial charge < -0.3 is 0 Å². The highest BCUT2D eigenvalue weighted by Gasteiger charge is 2.39. The van der Waals surface area contributed by atoms with Crippen LogP contribution in [0.4, 0.5) is 0 Å². The molecule has 1 saturated carbocycles. The summed E-state index contributed by atoms with van der Waals surface area (Å²) in [7, 11) is 0. The van der Waals surface area contributed by atoms with Crippen LogP contribution in [-0.4, -0.2) is 28.2 Å². The van der Waals surface area contributed by atoms with Gasteiger partial charge in [0, 0.05) is 0 Å². The number of hydrogen-bond acceptors (Lipinski definition) is 4. The highest BCUT2D eigenvalue weighted by molar-refractivity contribution is 7.81. The lowest BCUT2D eigenvalue weighted by atomic mass is 10.2. The van der Waals surface area contributed by atoms with Crippen molar-refractivity contribution >= 4 is 24.4 Å². The molecule has 5 heteroatoms. The van der Waals surface area contributed by atoms with E-state index in [1.165, 1.54) is 12.8 Å². The molecule has 2 fully saturated rings. The second kappa shape index (κ2) is 5.19. The molecule has 1 unspecified atom stereocenters. The normalized spacial score (nSPS) is 28.6. The Labute approximate surface area is 101 Å². The van der Waals surface area contributed by atoms with E-state index in [0.717, 1.165) is 30.7 Å². The summed E-state index contributed by atoms with van der Waals surface area (Å²) in [5.74, 6) is -0.563. The average Bonchev–Trinajstić information content (AvgIpc) is 2.51. The first-order valence-corrected chi connectivity index (χ1v) is 6.42. The molecule has 1 saturated heterocycles. The van der Waals surface area contributed by atoms with E-state index in [1.807, 2.05) is 0 Å². The predicted molar refractivity (Wildman–Crippen MR) is 61.8 cm³/mol. The van der Waals surface area contributed by atoms with Gasteiger partial charge in [0.2, 0.25) is 0 Å². The summed E-state index contributed by atoms with van der Waals surface area (Å²) in [6, 6.07) is 0. The minimum atomic E-state index is -0.515. The van der Waals surface area contributed by atoms with Gasteiger partial charge in [0.1, 0.15) is 0 Å². The van der Waals surface area contributed by atoms with E-state index in [2.05, 4.69) is 12.6 Å². The van der Waals surface area contributed by atoms with Gasteiger partial charge in [-0.05, 0) is 12.8 Å². The van der Waals surface area contributed by atoms with Crippen molar-refractivity contribution in [1.82, 2.24) is 5.06 Å².